The largest absolute Gasteiger partial charge is 0.381 e. The van der Waals surface area contributed by atoms with Crippen molar-refractivity contribution < 1.29 is 4.39 Å². The summed E-state index contributed by atoms with van der Waals surface area (Å²) >= 11 is 3.29. The number of nitrogens with zero attached hydrogens (tertiary/aromatic N) is 2. The van der Waals surface area contributed by atoms with Crippen LogP contribution in [0.1, 0.15) is 0 Å². The summed E-state index contributed by atoms with van der Waals surface area (Å²) in [5.74, 6) is 0.173. The van der Waals surface area contributed by atoms with Gasteiger partial charge in [0.05, 0.1) is 16.7 Å². The van der Waals surface area contributed by atoms with E-state index in [2.05, 4.69) is 31.2 Å². The lowest BCUT2D eigenvalue weighted by atomic mass is 10.3. The molecular formula is C14H10BrFN4. The van der Waals surface area contributed by atoms with Crippen LogP contribution in [0.3, 0.4) is 0 Å². The van der Waals surface area contributed by atoms with Crippen molar-refractivity contribution in [3.63, 3.8) is 0 Å². The number of aromatic nitrogens is 2. The third kappa shape index (κ3) is 2.42. The van der Waals surface area contributed by atoms with Crippen LogP contribution >= 0.6 is 15.9 Å². The van der Waals surface area contributed by atoms with Crippen LogP contribution in [0.15, 0.2) is 46.9 Å². The van der Waals surface area contributed by atoms with Crippen LogP contribution in [0.25, 0.3) is 11.0 Å². The van der Waals surface area contributed by atoms with Crippen LogP contribution in [-0.2, 0) is 0 Å². The highest BCUT2D eigenvalue weighted by molar-refractivity contribution is 9.10. The van der Waals surface area contributed by atoms with Gasteiger partial charge in [0.15, 0.2) is 11.6 Å². The molecule has 3 rings (SSSR count). The van der Waals surface area contributed by atoms with Gasteiger partial charge in [-0.15, -0.1) is 0 Å². The van der Waals surface area contributed by atoms with E-state index >= 15 is 0 Å². The molecule has 0 bridgehead atoms. The molecule has 100 valence electrons. The fourth-order valence-electron chi connectivity index (χ4n) is 1.83. The predicted octanol–water partition coefficient (Wildman–Crippen LogP) is 3.86. The second-order valence-corrected chi connectivity index (χ2v) is 5.11. The van der Waals surface area contributed by atoms with Crippen molar-refractivity contribution in [2.45, 2.75) is 0 Å². The number of hydrogen-bond acceptors (Lipinski definition) is 4. The van der Waals surface area contributed by atoms with Crippen LogP contribution in [0.5, 0.6) is 0 Å². The van der Waals surface area contributed by atoms with E-state index in [9.17, 15) is 4.39 Å². The van der Waals surface area contributed by atoms with Gasteiger partial charge in [-0.25, -0.2) is 14.4 Å². The first-order valence-corrected chi connectivity index (χ1v) is 6.67. The fourth-order valence-corrected chi connectivity index (χ4v) is 2.19. The lowest BCUT2D eigenvalue weighted by Gasteiger charge is -2.10. The summed E-state index contributed by atoms with van der Waals surface area (Å²) < 4.78 is 14.5. The van der Waals surface area contributed by atoms with Crippen molar-refractivity contribution in [1.29, 1.82) is 0 Å². The van der Waals surface area contributed by atoms with Gasteiger partial charge in [0.25, 0.3) is 0 Å². The molecular weight excluding hydrogens is 323 g/mol. The van der Waals surface area contributed by atoms with E-state index in [-0.39, 0.29) is 17.3 Å². The van der Waals surface area contributed by atoms with Crippen LogP contribution < -0.4 is 11.1 Å². The average molecular weight is 333 g/mol. The van der Waals surface area contributed by atoms with Gasteiger partial charge < -0.3 is 11.1 Å². The monoisotopic (exact) mass is 332 g/mol. The molecule has 1 heterocycles. The quantitative estimate of drug-likeness (QED) is 0.748. The van der Waals surface area contributed by atoms with Crippen LogP contribution in [-0.4, -0.2) is 9.97 Å². The van der Waals surface area contributed by atoms with Crippen molar-refractivity contribution in [3.8, 4) is 0 Å². The highest BCUT2D eigenvalue weighted by Gasteiger charge is 2.09. The van der Waals surface area contributed by atoms with Crippen molar-refractivity contribution in [3.05, 3.63) is 52.8 Å². The molecule has 0 saturated heterocycles. The first kappa shape index (κ1) is 12.8. The minimum atomic E-state index is -0.387. The second-order valence-electron chi connectivity index (χ2n) is 4.20. The highest BCUT2D eigenvalue weighted by atomic mass is 79.9. The number of anilines is 3. The molecule has 1 aromatic heterocycles. The van der Waals surface area contributed by atoms with Gasteiger partial charge in [0, 0.05) is 4.47 Å². The molecule has 0 amide bonds. The number of para-hydroxylation sites is 2. The molecule has 0 aliphatic rings. The van der Waals surface area contributed by atoms with Crippen molar-refractivity contribution in [1.82, 2.24) is 9.97 Å². The van der Waals surface area contributed by atoms with E-state index in [4.69, 9.17) is 5.73 Å². The Morgan fingerprint density at radius 3 is 2.50 bits per heavy atom. The molecule has 20 heavy (non-hydrogen) atoms. The summed E-state index contributed by atoms with van der Waals surface area (Å²) in [6.07, 6.45) is 0. The number of fused-ring (bicyclic) bond motifs is 1. The number of hydrogen-bond donors (Lipinski definition) is 2. The summed E-state index contributed by atoms with van der Waals surface area (Å²) in [6, 6.07) is 12.0. The normalized spacial score (nSPS) is 10.7. The lowest BCUT2D eigenvalue weighted by Crippen LogP contribution is -2.03. The minimum Gasteiger partial charge on any atom is -0.381 e. The maximum Gasteiger partial charge on any atom is 0.174 e. The third-order valence-corrected chi connectivity index (χ3v) is 3.27. The Kier molecular flexibility index (Phi) is 3.23. The zero-order valence-electron chi connectivity index (χ0n) is 10.3. The topological polar surface area (TPSA) is 63.8 Å². The Morgan fingerprint density at radius 2 is 1.75 bits per heavy atom. The number of nitrogens with two attached hydrogens (primary N) is 1. The lowest BCUT2D eigenvalue weighted by molar-refractivity contribution is 0.631. The SMILES string of the molecule is Nc1nc2ccccc2nc1Nc1cc(Br)ccc1F. The Morgan fingerprint density at radius 1 is 1.05 bits per heavy atom. The molecule has 2 aromatic carbocycles. The Balaban J connectivity index is 2.06. The van der Waals surface area contributed by atoms with Gasteiger partial charge >= 0.3 is 0 Å². The number of halogens is 2. The molecule has 0 radical (unpaired) electrons. The molecule has 3 aromatic rings. The molecule has 0 saturated carbocycles. The average Bonchev–Trinajstić information content (AvgIpc) is 2.43. The van der Waals surface area contributed by atoms with Crippen molar-refractivity contribution >= 4 is 44.3 Å². The zero-order chi connectivity index (χ0) is 14.1. The van der Waals surface area contributed by atoms with E-state index in [0.717, 1.165) is 4.47 Å². The molecule has 0 aliphatic carbocycles. The van der Waals surface area contributed by atoms with Crippen LogP contribution in [0.4, 0.5) is 21.7 Å². The van der Waals surface area contributed by atoms with Crippen molar-refractivity contribution in [2.75, 3.05) is 11.1 Å². The maximum atomic E-state index is 13.7. The maximum absolute atomic E-state index is 13.7. The number of nitrogens with one attached hydrogen (secondary N) is 1. The van der Waals surface area contributed by atoms with Crippen LogP contribution in [0, 0.1) is 5.82 Å². The van der Waals surface area contributed by atoms with E-state index in [1.54, 1.807) is 12.1 Å². The van der Waals surface area contributed by atoms with Gasteiger partial charge in [0.2, 0.25) is 0 Å². The van der Waals surface area contributed by atoms with E-state index in [1.165, 1.54) is 6.07 Å². The van der Waals surface area contributed by atoms with Gasteiger partial charge in [-0.3, -0.25) is 0 Å². The van der Waals surface area contributed by atoms with E-state index < -0.39 is 0 Å². The number of benzene rings is 2. The summed E-state index contributed by atoms with van der Waals surface area (Å²) in [5.41, 5.74) is 7.53. The van der Waals surface area contributed by atoms with E-state index in [1.807, 2.05) is 24.3 Å². The molecule has 6 heteroatoms. The molecule has 0 aliphatic heterocycles. The van der Waals surface area contributed by atoms with Crippen molar-refractivity contribution in [2.24, 2.45) is 0 Å². The molecule has 0 fully saturated rings. The van der Waals surface area contributed by atoms with E-state index in [0.29, 0.717) is 16.9 Å². The van der Waals surface area contributed by atoms with Gasteiger partial charge in [0.1, 0.15) is 5.82 Å². The predicted molar refractivity (Wildman–Crippen MR) is 81.3 cm³/mol. The Labute approximate surface area is 123 Å². The molecule has 4 nitrogen and oxygen atoms in total. The zero-order valence-corrected chi connectivity index (χ0v) is 11.9. The first-order valence-electron chi connectivity index (χ1n) is 5.88. The second kappa shape index (κ2) is 5.05. The fraction of sp³-hybridized carbons (Fsp3) is 0. The summed E-state index contributed by atoms with van der Waals surface area (Å²) in [7, 11) is 0. The van der Waals surface area contributed by atoms with Gasteiger partial charge in [-0.2, -0.15) is 0 Å². The molecule has 0 unspecified atom stereocenters. The van der Waals surface area contributed by atoms with Gasteiger partial charge in [-0.1, -0.05) is 28.1 Å². The smallest absolute Gasteiger partial charge is 0.174 e. The summed E-state index contributed by atoms with van der Waals surface area (Å²) in [4.78, 5) is 8.60. The summed E-state index contributed by atoms with van der Waals surface area (Å²) in [6.45, 7) is 0. The minimum absolute atomic E-state index is 0.225. The van der Waals surface area contributed by atoms with Gasteiger partial charge in [-0.05, 0) is 30.3 Å². The molecule has 0 atom stereocenters. The summed E-state index contributed by atoms with van der Waals surface area (Å²) in [5, 5.41) is 2.87. The standard InChI is InChI=1S/C14H10BrFN4/c15-8-5-6-9(16)12(7-8)20-14-13(17)18-10-3-1-2-4-11(10)19-14/h1-7H,(H2,17,18)(H,19,20). The molecule has 0 spiro atoms. The Bertz CT molecular complexity index is 791. The highest BCUT2D eigenvalue weighted by Crippen LogP contribution is 2.26. The first-order chi connectivity index (χ1) is 9.63. The Hall–Kier alpha value is -2.21. The van der Waals surface area contributed by atoms with Crippen LogP contribution in [0.2, 0.25) is 0 Å². The number of rotatable bonds is 2. The number of nitrogen functional groups attached to an aromatic ring is 1. The molecule has 3 N–H and O–H groups in total. The third-order valence-electron chi connectivity index (χ3n) is 2.78.